The molecule has 0 saturated carbocycles. The molecule has 0 N–H and O–H groups in total. The predicted octanol–water partition coefficient (Wildman–Crippen LogP) is 2.47. The monoisotopic (exact) mass is 185 g/mol. The van der Waals surface area contributed by atoms with Gasteiger partial charge in [-0.3, -0.25) is 4.98 Å². The molecule has 0 aliphatic carbocycles. The lowest BCUT2D eigenvalue weighted by atomic mass is 10.2. The van der Waals surface area contributed by atoms with Gasteiger partial charge >= 0.3 is 6.18 Å². The smallest absolute Gasteiger partial charge is 0.252 e. The molecule has 0 bridgehead atoms. The minimum atomic E-state index is -4.40. The van der Waals surface area contributed by atoms with Crippen LogP contribution in [0.15, 0.2) is 18.3 Å². The van der Waals surface area contributed by atoms with E-state index in [9.17, 15) is 13.2 Å². The average Bonchev–Trinajstić information content (AvgIpc) is 2.04. The Bertz CT molecular complexity index is 357. The molecule has 0 atom stereocenters. The Balaban J connectivity index is 3.10. The first-order valence-electron chi connectivity index (χ1n) is 3.50. The van der Waals surface area contributed by atoms with Gasteiger partial charge in [-0.05, 0) is 19.1 Å². The van der Waals surface area contributed by atoms with Crippen LogP contribution in [0.2, 0.25) is 0 Å². The first-order valence-corrected chi connectivity index (χ1v) is 3.50. The van der Waals surface area contributed by atoms with Gasteiger partial charge < -0.3 is 0 Å². The molecule has 0 aliphatic rings. The Morgan fingerprint density at radius 3 is 2.62 bits per heavy atom. The SMILES string of the molecule is CC#Cc1ccnc(C(F)(F)F)c1. The van der Waals surface area contributed by atoms with Crippen molar-refractivity contribution in [3.8, 4) is 11.8 Å². The van der Waals surface area contributed by atoms with Gasteiger partial charge in [-0.1, -0.05) is 5.92 Å². The summed E-state index contributed by atoms with van der Waals surface area (Å²) in [6.45, 7) is 1.56. The third-order valence-corrected chi connectivity index (χ3v) is 1.32. The highest BCUT2D eigenvalue weighted by Gasteiger charge is 2.32. The Hall–Kier alpha value is -1.50. The molecule has 0 fully saturated rings. The minimum Gasteiger partial charge on any atom is -0.252 e. The summed E-state index contributed by atoms with van der Waals surface area (Å²) in [6, 6.07) is 2.36. The van der Waals surface area contributed by atoms with Crippen molar-refractivity contribution in [2.24, 2.45) is 0 Å². The van der Waals surface area contributed by atoms with E-state index in [4.69, 9.17) is 0 Å². The van der Waals surface area contributed by atoms with Gasteiger partial charge in [0.15, 0.2) is 0 Å². The fourth-order valence-electron chi connectivity index (χ4n) is 0.808. The number of hydrogen-bond donors (Lipinski definition) is 0. The number of alkyl halides is 3. The summed E-state index contributed by atoms with van der Waals surface area (Å²) < 4.78 is 36.3. The van der Waals surface area contributed by atoms with E-state index >= 15 is 0 Å². The van der Waals surface area contributed by atoms with E-state index in [-0.39, 0.29) is 0 Å². The van der Waals surface area contributed by atoms with Crippen LogP contribution in [0.4, 0.5) is 13.2 Å². The maximum absolute atomic E-state index is 12.1. The van der Waals surface area contributed by atoms with Crippen molar-refractivity contribution in [1.29, 1.82) is 0 Å². The number of pyridine rings is 1. The van der Waals surface area contributed by atoms with Gasteiger partial charge in [0.2, 0.25) is 0 Å². The molecule has 68 valence electrons. The van der Waals surface area contributed by atoms with Crippen LogP contribution in [0.5, 0.6) is 0 Å². The topological polar surface area (TPSA) is 12.9 Å². The van der Waals surface area contributed by atoms with Crippen molar-refractivity contribution in [3.63, 3.8) is 0 Å². The van der Waals surface area contributed by atoms with Gasteiger partial charge in [-0.25, -0.2) is 0 Å². The van der Waals surface area contributed by atoms with Crippen molar-refractivity contribution >= 4 is 0 Å². The van der Waals surface area contributed by atoms with Crippen LogP contribution in [0.1, 0.15) is 18.2 Å². The van der Waals surface area contributed by atoms with Crippen LogP contribution >= 0.6 is 0 Å². The molecule has 0 spiro atoms. The zero-order valence-corrected chi connectivity index (χ0v) is 6.81. The molecule has 0 radical (unpaired) electrons. The van der Waals surface area contributed by atoms with Gasteiger partial charge in [0, 0.05) is 11.8 Å². The number of nitrogens with zero attached hydrogens (tertiary/aromatic N) is 1. The first kappa shape index (κ1) is 9.59. The summed E-state index contributed by atoms with van der Waals surface area (Å²) in [5, 5.41) is 0. The van der Waals surface area contributed by atoms with E-state index in [1.54, 1.807) is 6.92 Å². The normalized spacial score (nSPS) is 10.5. The summed E-state index contributed by atoms with van der Waals surface area (Å²) >= 11 is 0. The van der Waals surface area contributed by atoms with Gasteiger partial charge in [0.1, 0.15) is 5.69 Å². The maximum atomic E-state index is 12.1. The quantitative estimate of drug-likeness (QED) is 0.566. The Kier molecular flexibility index (Phi) is 2.57. The lowest BCUT2D eigenvalue weighted by molar-refractivity contribution is -0.141. The third kappa shape index (κ3) is 2.48. The second-order valence-electron chi connectivity index (χ2n) is 2.30. The van der Waals surface area contributed by atoms with Gasteiger partial charge in [-0.15, -0.1) is 5.92 Å². The highest BCUT2D eigenvalue weighted by atomic mass is 19.4. The molecule has 0 amide bonds. The average molecular weight is 185 g/mol. The molecule has 1 aromatic rings. The number of hydrogen-bond acceptors (Lipinski definition) is 1. The van der Waals surface area contributed by atoms with Crippen LogP contribution in [-0.2, 0) is 6.18 Å². The Morgan fingerprint density at radius 2 is 2.08 bits per heavy atom. The Labute approximate surface area is 73.6 Å². The van der Waals surface area contributed by atoms with Gasteiger partial charge in [0.25, 0.3) is 0 Å². The standard InChI is InChI=1S/C9H6F3N/c1-2-3-7-4-5-13-8(6-7)9(10,11)12/h4-6H,1H3. The van der Waals surface area contributed by atoms with Crippen molar-refractivity contribution in [2.75, 3.05) is 0 Å². The van der Waals surface area contributed by atoms with Crippen molar-refractivity contribution in [3.05, 3.63) is 29.6 Å². The van der Waals surface area contributed by atoms with E-state index < -0.39 is 11.9 Å². The summed E-state index contributed by atoms with van der Waals surface area (Å²) in [6.07, 6.45) is -3.30. The predicted molar refractivity (Wildman–Crippen MR) is 41.8 cm³/mol. The first-order chi connectivity index (χ1) is 6.04. The third-order valence-electron chi connectivity index (χ3n) is 1.32. The molecule has 0 aromatic carbocycles. The van der Waals surface area contributed by atoms with Crippen molar-refractivity contribution < 1.29 is 13.2 Å². The summed E-state index contributed by atoms with van der Waals surface area (Å²) in [5.74, 6) is 5.05. The lowest BCUT2D eigenvalue weighted by Gasteiger charge is -2.04. The lowest BCUT2D eigenvalue weighted by Crippen LogP contribution is -2.07. The van der Waals surface area contributed by atoms with Gasteiger partial charge in [0.05, 0.1) is 0 Å². The molecule has 0 saturated heterocycles. The molecule has 0 unspecified atom stereocenters. The van der Waals surface area contributed by atoms with Crippen LogP contribution in [0.25, 0.3) is 0 Å². The molecule has 1 rings (SSSR count). The molecule has 1 nitrogen and oxygen atoms in total. The fraction of sp³-hybridized carbons (Fsp3) is 0.222. The highest BCUT2D eigenvalue weighted by molar-refractivity contribution is 5.34. The van der Waals surface area contributed by atoms with Crippen LogP contribution < -0.4 is 0 Å². The zero-order valence-electron chi connectivity index (χ0n) is 6.81. The molecule has 0 aliphatic heterocycles. The summed E-state index contributed by atoms with van der Waals surface area (Å²) in [7, 11) is 0. The minimum absolute atomic E-state index is 0.324. The zero-order chi connectivity index (χ0) is 9.90. The van der Waals surface area contributed by atoms with Crippen LogP contribution in [-0.4, -0.2) is 4.98 Å². The van der Waals surface area contributed by atoms with E-state index in [0.29, 0.717) is 5.56 Å². The molecule has 13 heavy (non-hydrogen) atoms. The number of halogens is 3. The van der Waals surface area contributed by atoms with Crippen LogP contribution in [0.3, 0.4) is 0 Å². The van der Waals surface area contributed by atoms with E-state index in [2.05, 4.69) is 16.8 Å². The number of rotatable bonds is 0. The fourth-order valence-corrected chi connectivity index (χ4v) is 0.808. The largest absolute Gasteiger partial charge is 0.433 e. The second-order valence-corrected chi connectivity index (χ2v) is 2.30. The van der Waals surface area contributed by atoms with Gasteiger partial charge in [-0.2, -0.15) is 13.2 Å². The highest BCUT2D eigenvalue weighted by Crippen LogP contribution is 2.27. The molecule has 4 heteroatoms. The Morgan fingerprint density at radius 1 is 1.38 bits per heavy atom. The number of aromatic nitrogens is 1. The summed E-state index contributed by atoms with van der Waals surface area (Å²) in [5.41, 5.74) is -0.586. The van der Waals surface area contributed by atoms with Crippen molar-refractivity contribution in [2.45, 2.75) is 13.1 Å². The summed E-state index contributed by atoms with van der Waals surface area (Å²) in [4.78, 5) is 3.20. The second kappa shape index (κ2) is 3.48. The molecule has 1 aromatic heterocycles. The molecule has 1 heterocycles. The van der Waals surface area contributed by atoms with E-state index in [1.807, 2.05) is 0 Å². The molecular weight excluding hydrogens is 179 g/mol. The van der Waals surface area contributed by atoms with E-state index in [0.717, 1.165) is 12.3 Å². The van der Waals surface area contributed by atoms with E-state index in [1.165, 1.54) is 6.07 Å². The maximum Gasteiger partial charge on any atom is 0.433 e. The van der Waals surface area contributed by atoms with Crippen LogP contribution in [0, 0.1) is 11.8 Å². The van der Waals surface area contributed by atoms with Crippen molar-refractivity contribution in [1.82, 2.24) is 4.98 Å². The molecular formula is C9H6F3N.